The van der Waals surface area contributed by atoms with Crippen LogP contribution in [0.1, 0.15) is 40.5 Å². The van der Waals surface area contributed by atoms with Crippen LogP contribution in [0.5, 0.6) is 0 Å². The van der Waals surface area contributed by atoms with Crippen LogP contribution in [0.25, 0.3) is 0 Å². The van der Waals surface area contributed by atoms with E-state index in [2.05, 4.69) is 19.0 Å². The molecule has 0 atom stereocenters. The van der Waals surface area contributed by atoms with E-state index >= 15 is 0 Å². The highest BCUT2D eigenvalue weighted by molar-refractivity contribution is 5.56. The van der Waals surface area contributed by atoms with E-state index in [1.165, 1.54) is 6.42 Å². The van der Waals surface area contributed by atoms with Gasteiger partial charge in [-0.1, -0.05) is 32.9 Å². The zero-order valence-electron chi connectivity index (χ0n) is 8.05. The molecule has 0 amide bonds. The molecule has 0 aromatic carbocycles. The van der Waals surface area contributed by atoms with Crippen molar-refractivity contribution < 1.29 is 4.84 Å². The van der Waals surface area contributed by atoms with Crippen molar-refractivity contribution in [1.29, 1.82) is 0 Å². The molecule has 0 fully saturated rings. The van der Waals surface area contributed by atoms with Crippen molar-refractivity contribution in [2.45, 2.75) is 40.5 Å². The van der Waals surface area contributed by atoms with Gasteiger partial charge in [-0.05, 0) is 12.8 Å². The van der Waals surface area contributed by atoms with E-state index in [1.54, 1.807) is 0 Å². The molecule has 1 aliphatic heterocycles. The fraction of sp³-hybridized carbons (Fsp3) is 0.889. The fourth-order valence-electron chi connectivity index (χ4n) is 0.845. The van der Waals surface area contributed by atoms with Crippen molar-refractivity contribution >= 4 is 6.21 Å². The van der Waals surface area contributed by atoms with Crippen molar-refractivity contribution in [2.24, 2.45) is 10.6 Å². The monoisotopic (exact) mass is 157 g/mol. The van der Waals surface area contributed by atoms with Crippen molar-refractivity contribution in [2.75, 3.05) is 6.61 Å². The minimum absolute atomic E-state index is 0.316. The van der Waals surface area contributed by atoms with Gasteiger partial charge in [0.05, 0.1) is 0 Å². The molecular weight excluding hydrogens is 138 g/mol. The molecule has 0 aliphatic carbocycles. The normalized spacial score (nSPS) is 20.7. The van der Waals surface area contributed by atoms with Gasteiger partial charge in [-0.2, -0.15) is 0 Å². The number of nitrogens with zero attached hydrogens (tertiary/aromatic N) is 1. The van der Waals surface area contributed by atoms with Crippen molar-refractivity contribution in [1.82, 2.24) is 0 Å². The molecule has 0 spiro atoms. The van der Waals surface area contributed by atoms with Crippen LogP contribution in [0.3, 0.4) is 0 Å². The molecule has 0 bridgehead atoms. The Morgan fingerprint density at radius 3 is 2.64 bits per heavy atom. The van der Waals surface area contributed by atoms with Crippen LogP contribution in [-0.4, -0.2) is 12.8 Å². The Balaban J connectivity index is 0.000000461. The second-order valence-electron chi connectivity index (χ2n) is 3.26. The largest absolute Gasteiger partial charge is 0.396 e. The van der Waals surface area contributed by atoms with E-state index < -0.39 is 0 Å². The molecule has 66 valence electrons. The van der Waals surface area contributed by atoms with Gasteiger partial charge in [-0.3, -0.25) is 0 Å². The van der Waals surface area contributed by atoms with E-state index in [9.17, 15) is 0 Å². The van der Waals surface area contributed by atoms with Crippen LogP contribution >= 0.6 is 0 Å². The van der Waals surface area contributed by atoms with Gasteiger partial charge in [-0.15, -0.1) is 0 Å². The molecular formula is C9H19NO. The SMILES string of the molecule is CC.CC1(C)CCC=NOC1. The Labute approximate surface area is 69.6 Å². The summed E-state index contributed by atoms with van der Waals surface area (Å²) in [4.78, 5) is 4.98. The average Bonchev–Trinajstić information content (AvgIpc) is 2.17. The third-order valence-corrected chi connectivity index (χ3v) is 1.55. The first-order chi connectivity index (χ1) is 5.21. The quantitative estimate of drug-likeness (QED) is 0.530. The Morgan fingerprint density at radius 1 is 1.36 bits per heavy atom. The lowest BCUT2D eigenvalue weighted by atomic mass is 9.89. The van der Waals surface area contributed by atoms with E-state index in [4.69, 9.17) is 4.84 Å². The van der Waals surface area contributed by atoms with Gasteiger partial charge < -0.3 is 4.84 Å². The maximum absolute atomic E-state index is 4.98. The standard InChI is InChI=1S/C7H13NO.C2H6/c1-7(2)4-3-5-8-9-6-7;1-2/h5H,3-4,6H2,1-2H3;1-2H3. The van der Waals surface area contributed by atoms with Crippen LogP contribution < -0.4 is 0 Å². The second-order valence-corrected chi connectivity index (χ2v) is 3.26. The minimum atomic E-state index is 0.316. The highest BCUT2D eigenvalue weighted by atomic mass is 16.6. The topological polar surface area (TPSA) is 21.6 Å². The summed E-state index contributed by atoms with van der Waals surface area (Å²) in [7, 11) is 0. The van der Waals surface area contributed by atoms with E-state index in [0.29, 0.717) is 5.41 Å². The summed E-state index contributed by atoms with van der Waals surface area (Å²) < 4.78 is 0. The smallest absolute Gasteiger partial charge is 0.122 e. The first-order valence-corrected chi connectivity index (χ1v) is 4.34. The second kappa shape index (κ2) is 5.16. The summed E-state index contributed by atoms with van der Waals surface area (Å²) in [6.45, 7) is 9.15. The predicted molar refractivity (Wildman–Crippen MR) is 48.8 cm³/mol. The summed E-state index contributed by atoms with van der Waals surface area (Å²) in [5.41, 5.74) is 0.316. The number of hydrogen-bond donors (Lipinski definition) is 0. The van der Waals surface area contributed by atoms with E-state index in [0.717, 1.165) is 13.0 Å². The molecule has 2 nitrogen and oxygen atoms in total. The summed E-state index contributed by atoms with van der Waals surface area (Å²) in [6, 6.07) is 0. The summed E-state index contributed by atoms with van der Waals surface area (Å²) >= 11 is 0. The maximum Gasteiger partial charge on any atom is 0.122 e. The molecule has 0 aromatic rings. The molecule has 0 radical (unpaired) electrons. The Bertz CT molecular complexity index is 107. The Hall–Kier alpha value is -0.530. The van der Waals surface area contributed by atoms with Gasteiger partial charge in [0.1, 0.15) is 6.61 Å². The number of rotatable bonds is 0. The first kappa shape index (κ1) is 10.5. The van der Waals surface area contributed by atoms with Crippen LogP contribution in [0.2, 0.25) is 0 Å². The molecule has 0 saturated carbocycles. The molecule has 1 rings (SSSR count). The van der Waals surface area contributed by atoms with Crippen LogP contribution in [-0.2, 0) is 4.84 Å². The Morgan fingerprint density at radius 2 is 2.00 bits per heavy atom. The molecule has 1 aliphatic rings. The van der Waals surface area contributed by atoms with Gasteiger partial charge in [0.25, 0.3) is 0 Å². The average molecular weight is 157 g/mol. The maximum atomic E-state index is 4.98. The predicted octanol–water partition coefficient (Wildman–Crippen LogP) is 2.84. The van der Waals surface area contributed by atoms with Gasteiger partial charge in [0.2, 0.25) is 0 Å². The Kier molecular flexibility index (Phi) is 4.92. The lowest BCUT2D eigenvalue weighted by molar-refractivity contribution is 0.0725. The van der Waals surface area contributed by atoms with Crippen LogP contribution in [0.15, 0.2) is 5.16 Å². The lowest BCUT2D eigenvalue weighted by Gasteiger charge is -2.18. The van der Waals surface area contributed by atoms with Gasteiger partial charge >= 0.3 is 0 Å². The van der Waals surface area contributed by atoms with Crippen molar-refractivity contribution in [3.63, 3.8) is 0 Å². The van der Waals surface area contributed by atoms with E-state index in [1.807, 2.05) is 20.1 Å². The molecule has 0 unspecified atom stereocenters. The minimum Gasteiger partial charge on any atom is -0.396 e. The molecule has 0 N–H and O–H groups in total. The molecule has 0 saturated heterocycles. The number of oxime groups is 1. The molecule has 0 aromatic heterocycles. The molecule has 2 heteroatoms. The third-order valence-electron chi connectivity index (χ3n) is 1.55. The van der Waals surface area contributed by atoms with Gasteiger partial charge in [0, 0.05) is 11.6 Å². The summed E-state index contributed by atoms with van der Waals surface area (Å²) in [5, 5.41) is 3.74. The molecule has 1 heterocycles. The lowest BCUT2D eigenvalue weighted by Crippen LogP contribution is -2.15. The zero-order valence-corrected chi connectivity index (χ0v) is 8.05. The molecule has 11 heavy (non-hydrogen) atoms. The van der Waals surface area contributed by atoms with Crippen LogP contribution in [0.4, 0.5) is 0 Å². The number of hydrogen-bond acceptors (Lipinski definition) is 2. The third kappa shape index (κ3) is 4.82. The highest BCUT2D eigenvalue weighted by Gasteiger charge is 2.19. The van der Waals surface area contributed by atoms with Gasteiger partial charge in [0.15, 0.2) is 0 Å². The summed E-state index contributed by atoms with van der Waals surface area (Å²) in [5.74, 6) is 0. The first-order valence-electron chi connectivity index (χ1n) is 4.34. The van der Waals surface area contributed by atoms with Gasteiger partial charge in [-0.25, -0.2) is 0 Å². The zero-order chi connectivity index (χ0) is 8.74. The van der Waals surface area contributed by atoms with Crippen molar-refractivity contribution in [3.8, 4) is 0 Å². The highest BCUT2D eigenvalue weighted by Crippen LogP contribution is 2.23. The van der Waals surface area contributed by atoms with Crippen LogP contribution in [0, 0.1) is 5.41 Å². The van der Waals surface area contributed by atoms with E-state index in [-0.39, 0.29) is 0 Å². The van der Waals surface area contributed by atoms with Crippen molar-refractivity contribution in [3.05, 3.63) is 0 Å². The fourth-order valence-corrected chi connectivity index (χ4v) is 0.845. The summed E-state index contributed by atoms with van der Waals surface area (Å²) in [6.07, 6.45) is 4.07.